The summed E-state index contributed by atoms with van der Waals surface area (Å²) < 4.78 is 0. The van der Waals surface area contributed by atoms with Gasteiger partial charge in [-0.15, -0.1) is 0 Å². The summed E-state index contributed by atoms with van der Waals surface area (Å²) in [6.07, 6.45) is 1.01. The monoisotopic (exact) mass is 303 g/mol. The van der Waals surface area contributed by atoms with E-state index in [0.717, 1.165) is 11.1 Å². The number of nitro groups is 1. The maximum Gasteiger partial charge on any atom is 0.294 e. The van der Waals surface area contributed by atoms with Gasteiger partial charge >= 0.3 is 0 Å². The molecule has 6 nitrogen and oxygen atoms in total. The highest BCUT2D eigenvalue weighted by molar-refractivity contribution is 7.07. The topological polar surface area (TPSA) is 84.3 Å². The quantitative estimate of drug-likeness (QED) is 0.671. The lowest BCUT2D eigenvalue weighted by atomic mass is 10.0. The fourth-order valence-corrected chi connectivity index (χ4v) is 2.97. The SMILES string of the molecule is O=C1CCc2cc(NCc3ccsc3)c([N+](=O)[O-])cc2N1. The maximum atomic E-state index is 11.4. The molecule has 0 atom stereocenters. The molecule has 0 spiro atoms. The first-order valence-electron chi connectivity index (χ1n) is 6.49. The van der Waals surface area contributed by atoms with Crippen LogP contribution in [0, 0.1) is 10.1 Å². The highest BCUT2D eigenvalue weighted by atomic mass is 32.1. The lowest BCUT2D eigenvalue weighted by Crippen LogP contribution is -2.19. The number of amides is 1. The van der Waals surface area contributed by atoms with E-state index < -0.39 is 4.92 Å². The highest BCUT2D eigenvalue weighted by Crippen LogP contribution is 2.34. The highest BCUT2D eigenvalue weighted by Gasteiger charge is 2.22. The molecule has 1 aromatic carbocycles. The van der Waals surface area contributed by atoms with Crippen molar-refractivity contribution in [2.75, 3.05) is 10.6 Å². The van der Waals surface area contributed by atoms with Gasteiger partial charge in [-0.3, -0.25) is 14.9 Å². The van der Waals surface area contributed by atoms with Gasteiger partial charge in [0.2, 0.25) is 5.91 Å². The number of anilines is 2. The molecule has 2 aromatic rings. The molecule has 2 N–H and O–H groups in total. The summed E-state index contributed by atoms with van der Waals surface area (Å²) in [5.74, 6) is -0.101. The van der Waals surface area contributed by atoms with Gasteiger partial charge in [-0.1, -0.05) is 0 Å². The Kier molecular flexibility index (Phi) is 3.57. The fourth-order valence-electron chi connectivity index (χ4n) is 2.30. The molecular weight excluding hydrogens is 290 g/mol. The maximum absolute atomic E-state index is 11.4. The Balaban J connectivity index is 1.91. The second-order valence-electron chi connectivity index (χ2n) is 4.82. The summed E-state index contributed by atoms with van der Waals surface area (Å²) in [6.45, 7) is 0.537. The number of thiophene rings is 1. The number of nitro benzene ring substituents is 1. The van der Waals surface area contributed by atoms with Crippen LogP contribution in [0.2, 0.25) is 0 Å². The fraction of sp³-hybridized carbons (Fsp3) is 0.214. The number of benzene rings is 1. The van der Waals surface area contributed by atoms with Gasteiger partial charge in [0.25, 0.3) is 5.69 Å². The summed E-state index contributed by atoms with van der Waals surface area (Å²) >= 11 is 1.59. The summed E-state index contributed by atoms with van der Waals surface area (Å²) in [6, 6.07) is 5.17. The second-order valence-corrected chi connectivity index (χ2v) is 5.60. The van der Waals surface area contributed by atoms with Crippen molar-refractivity contribution in [1.82, 2.24) is 0 Å². The number of fused-ring (bicyclic) bond motifs is 1. The van der Waals surface area contributed by atoms with E-state index in [-0.39, 0.29) is 11.6 Å². The number of carbonyl (C=O) groups excluding carboxylic acids is 1. The molecule has 2 heterocycles. The molecule has 108 valence electrons. The summed E-state index contributed by atoms with van der Waals surface area (Å²) in [5, 5.41) is 21.0. The van der Waals surface area contributed by atoms with Gasteiger partial charge in [-0.2, -0.15) is 11.3 Å². The lowest BCUT2D eigenvalue weighted by Gasteiger charge is -2.18. The van der Waals surface area contributed by atoms with E-state index >= 15 is 0 Å². The Bertz CT molecular complexity index is 698. The average Bonchev–Trinajstić information content (AvgIpc) is 2.97. The van der Waals surface area contributed by atoms with E-state index in [1.165, 1.54) is 6.07 Å². The molecule has 1 amide bonds. The molecule has 1 aliphatic heterocycles. The molecule has 1 aromatic heterocycles. The molecule has 7 heteroatoms. The number of carbonyl (C=O) groups is 1. The number of hydrogen-bond donors (Lipinski definition) is 2. The van der Waals surface area contributed by atoms with Gasteiger partial charge in [0.05, 0.1) is 10.6 Å². The minimum atomic E-state index is -0.434. The molecule has 0 saturated carbocycles. The van der Waals surface area contributed by atoms with Crippen LogP contribution < -0.4 is 10.6 Å². The first-order valence-corrected chi connectivity index (χ1v) is 7.44. The third-order valence-electron chi connectivity index (χ3n) is 3.38. The third kappa shape index (κ3) is 2.87. The standard InChI is InChI=1S/C14H13N3O3S/c18-14-2-1-10-5-12(15-7-9-3-4-21-8-9)13(17(19)20)6-11(10)16-14/h3-6,8,15H,1-2,7H2,(H,16,18). The van der Waals surface area contributed by atoms with Crippen molar-refractivity contribution < 1.29 is 9.72 Å². The minimum Gasteiger partial charge on any atom is -0.375 e. The first-order chi connectivity index (χ1) is 10.1. The van der Waals surface area contributed by atoms with E-state index in [1.54, 1.807) is 17.4 Å². The van der Waals surface area contributed by atoms with E-state index in [0.29, 0.717) is 30.8 Å². The normalized spacial score (nSPS) is 13.4. The van der Waals surface area contributed by atoms with Crippen LogP contribution >= 0.6 is 11.3 Å². The van der Waals surface area contributed by atoms with Crippen molar-refractivity contribution in [2.45, 2.75) is 19.4 Å². The molecule has 0 unspecified atom stereocenters. The Morgan fingerprint density at radius 3 is 2.95 bits per heavy atom. The zero-order valence-corrected chi connectivity index (χ0v) is 11.9. The minimum absolute atomic E-state index is 0.0221. The second kappa shape index (κ2) is 5.53. The smallest absolute Gasteiger partial charge is 0.294 e. The number of nitrogens with zero attached hydrogens (tertiary/aromatic N) is 1. The number of nitrogens with one attached hydrogen (secondary N) is 2. The van der Waals surface area contributed by atoms with Crippen LogP contribution in [0.1, 0.15) is 17.5 Å². The largest absolute Gasteiger partial charge is 0.375 e. The Hall–Kier alpha value is -2.41. The van der Waals surface area contributed by atoms with E-state index in [2.05, 4.69) is 10.6 Å². The number of aryl methyl sites for hydroxylation is 1. The van der Waals surface area contributed by atoms with Crippen LogP contribution in [0.5, 0.6) is 0 Å². The molecule has 0 saturated heterocycles. The van der Waals surface area contributed by atoms with Crippen LogP contribution in [0.15, 0.2) is 29.0 Å². The van der Waals surface area contributed by atoms with Crippen LogP contribution in [-0.2, 0) is 17.8 Å². The molecule has 1 aliphatic rings. The van der Waals surface area contributed by atoms with Crippen molar-refractivity contribution in [3.8, 4) is 0 Å². The average molecular weight is 303 g/mol. The zero-order chi connectivity index (χ0) is 14.8. The van der Waals surface area contributed by atoms with E-state index in [9.17, 15) is 14.9 Å². The van der Waals surface area contributed by atoms with Crippen molar-refractivity contribution in [1.29, 1.82) is 0 Å². The summed E-state index contributed by atoms with van der Waals surface area (Å²) in [5.41, 5.74) is 3.01. The van der Waals surface area contributed by atoms with Crippen LogP contribution in [0.4, 0.5) is 17.1 Å². The van der Waals surface area contributed by atoms with Crippen molar-refractivity contribution >= 4 is 34.3 Å². The van der Waals surface area contributed by atoms with Gasteiger partial charge in [0.15, 0.2) is 0 Å². The molecular formula is C14H13N3O3S. The third-order valence-corrected chi connectivity index (χ3v) is 4.11. The van der Waals surface area contributed by atoms with Crippen LogP contribution in [-0.4, -0.2) is 10.8 Å². The first kappa shape index (κ1) is 13.6. The number of hydrogen-bond acceptors (Lipinski definition) is 5. The Morgan fingerprint density at radius 1 is 1.38 bits per heavy atom. The van der Waals surface area contributed by atoms with Gasteiger partial charge in [0.1, 0.15) is 5.69 Å². The van der Waals surface area contributed by atoms with Crippen molar-refractivity contribution in [3.63, 3.8) is 0 Å². The van der Waals surface area contributed by atoms with Crippen LogP contribution in [0.3, 0.4) is 0 Å². The van der Waals surface area contributed by atoms with Crippen molar-refractivity contribution in [2.24, 2.45) is 0 Å². The molecule has 0 fully saturated rings. The molecule has 0 bridgehead atoms. The van der Waals surface area contributed by atoms with Crippen LogP contribution in [0.25, 0.3) is 0 Å². The zero-order valence-electron chi connectivity index (χ0n) is 11.1. The molecule has 3 rings (SSSR count). The van der Waals surface area contributed by atoms with Gasteiger partial charge in [-0.25, -0.2) is 0 Å². The van der Waals surface area contributed by atoms with E-state index in [4.69, 9.17) is 0 Å². The predicted molar refractivity (Wildman–Crippen MR) is 81.7 cm³/mol. The lowest BCUT2D eigenvalue weighted by molar-refractivity contribution is -0.383. The molecule has 0 aliphatic carbocycles. The van der Waals surface area contributed by atoms with Crippen molar-refractivity contribution in [3.05, 3.63) is 50.2 Å². The summed E-state index contributed by atoms with van der Waals surface area (Å²) in [7, 11) is 0. The van der Waals surface area contributed by atoms with Gasteiger partial charge in [0, 0.05) is 19.0 Å². The molecule has 0 radical (unpaired) electrons. The Labute approximate surface area is 124 Å². The van der Waals surface area contributed by atoms with Gasteiger partial charge < -0.3 is 10.6 Å². The Morgan fingerprint density at radius 2 is 2.24 bits per heavy atom. The molecule has 21 heavy (non-hydrogen) atoms. The predicted octanol–water partition coefficient (Wildman–Crippen LogP) is 3.15. The van der Waals surface area contributed by atoms with E-state index in [1.807, 2.05) is 16.8 Å². The number of rotatable bonds is 4. The summed E-state index contributed by atoms with van der Waals surface area (Å²) in [4.78, 5) is 22.1. The van der Waals surface area contributed by atoms with Gasteiger partial charge in [-0.05, 0) is 40.4 Å².